The van der Waals surface area contributed by atoms with Gasteiger partial charge in [0.1, 0.15) is 18.0 Å². The molecule has 1 aromatic heterocycles. The van der Waals surface area contributed by atoms with Gasteiger partial charge in [-0.25, -0.2) is 4.98 Å². The molecule has 6 N–H and O–H groups in total. The van der Waals surface area contributed by atoms with Crippen molar-refractivity contribution in [3.8, 4) is 0 Å². The summed E-state index contributed by atoms with van der Waals surface area (Å²) in [6.45, 7) is 8.04. The topological polar surface area (TPSA) is 217 Å². The highest BCUT2D eigenvalue weighted by Crippen LogP contribution is 2.27. The van der Waals surface area contributed by atoms with Gasteiger partial charge < -0.3 is 36.5 Å². The molecule has 0 bridgehead atoms. The minimum absolute atomic E-state index is 0.162. The van der Waals surface area contributed by atoms with Gasteiger partial charge in [-0.15, -0.1) is 0 Å². The normalized spacial score (nSPS) is 19.6. The van der Waals surface area contributed by atoms with Gasteiger partial charge in [-0.1, -0.05) is 95.4 Å². The summed E-state index contributed by atoms with van der Waals surface area (Å²) >= 11 is 0. The average Bonchev–Trinajstić information content (AvgIpc) is 3.22. The van der Waals surface area contributed by atoms with Crippen molar-refractivity contribution in [1.82, 2.24) is 41.6 Å². The molecule has 0 saturated heterocycles. The molecule has 0 radical (unpaired) electrons. The second-order valence-electron chi connectivity index (χ2n) is 12.1. The first kappa shape index (κ1) is 47.7. The number of carbonyl (C=O) groups excluding carboxylic acids is 7. The Morgan fingerprint density at radius 2 is 1.60 bits per heavy atom. The van der Waals surface area contributed by atoms with E-state index in [-0.39, 0.29) is 33.9 Å². The van der Waals surface area contributed by atoms with Gasteiger partial charge in [0.2, 0.25) is 29.5 Å². The second-order valence-corrected chi connectivity index (χ2v) is 13.1. The Bertz CT molecular complexity index is 1520. The van der Waals surface area contributed by atoms with E-state index >= 15 is 0 Å². The van der Waals surface area contributed by atoms with Crippen LogP contribution in [0.2, 0.25) is 0 Å². The highest BCUT2D eigenvalue weighted by atomic mass is 31.1. The zero-order chi connectivity index (χ0) is 40.7. The van der Waals surface area contributed by atoms with Crippen LogP contribution in [-0.2, 0) is 28.8 Å². The molecule has 6 amide bonds. The van der Waals surface area contributed by atoms with Crippen molar-refractivity contribution in [3.05, 3.63) is 78.4 Å². The molecular weight excluding hydrogens is 723 g/mol. The van der Waals surface area contributed by atoms with Gasteiger partial charge in [-0.05, 0) is 40.0 Å². The molecule has 2 aliphatic rings. The average molecular weight is 781 g/mol. The third kappa shape index (κ3) is 22.5. The molecule has 1 fully saturated rings. The predicted octanol–water partition coefficient (Wildman–Crippen LogP) is 3.00. The Hall–Kier alpha value is -5.30. The third-order valence-corrected chi connectivity index (χ3v) is 8.81. The molecule has 1 aliphatic heterocycles. The van der Waals surface area contributed by atoms with Gasteiger partial charge in [0.05, 0.1) is 25.3 Å². The first-order valence-corrected chi connectivity index (χ1v) is 19.9. The van der Waals surface area contributed by atoms with E-state index in [1.807, 2.05) is 52.0 Å². The lowest BCUT2D eigenvalue weighted by Gasteiger charge is -2.26. The monoisotopic (exact) mass is 780 g/mol. The largest absolute Gasteiger partial charge is 0.351 e. The SMILES string of the molecule is C/C=C/c1ccccc1.CC.CCCNC(=O)c1cnccn1.O=C[C@@H]1CPNC(=O)CNC(=O)[C@H](CC2CCCCC2)NC(=O)CNC(=O)/C=C\C(=O)N1. The highest BCUT2D eigenvalue weighted by molar-refractivity contribution is 7.36. The number of aromatic nitrogens is 2. The van der Waals surface area contributed by atoms with Gasteiger partial charge in [0, 0.05) is 37.3 Å². The van der Waals surface area contributed by atoms with Crippen LogP contribution < -0.4 is 31.7 Å². The zero-order valence-corrected chi connectivity index (χ0v) is 33.3. The van der Waals surface area contributed by atoms with Crippen LogP contribution in [-0.4, -0.2) is 89.6 Å². The maximum atomic E-state index is 12.7. The van der Waals surface area contributed by atoms with Crippen molar-refractivity contribution in [2.75, 3.05) is 25.8 Å². The number of benzene rings is 1. The number of allylic oxidation sites excluding steroid dienone is 1. The fourth-order valence-electron chi connectivity index (χ4n) is 5.07. The van der Waals surface area contributed by atoms with E-state index in [2.05, 4.69) is 59.8 Å². The Morgan fingerprint density at radius 1 is 0.909 bits per heavy atom. The summed E-state index contributed by atoms with van der Waals surface area (Å²) in [5.41, 5.74) is 1.63. The van der Waals surface area contributed by atoms with Crippen LogP contribution in [0.25, 0.3) is 6.08 Å². The molecule has 1 saturated carbocycles. The molecule has 16 heteroatoms. The van der Waals surface area contributed by atoms with E-state index in [1.54, 1.807) is 0 Å². The van der Waals surface area contributed by atoms with Crippen LogP contribution in [0.3, 0.4) is 0 Å². The fourth-order valence-corrected chi connectivity index (χ4v) is 5.88. The van der Waals surface area contributed by atoms with Gasteiger partial charge >= 0.3 is 0 Å². The maximum absolute atomic E-state index is 12.7. The fraction of sp³-hybridized carbons (Fsp3) is 0.462. The van der Waals surface area contributed by atoms with Gasteiger partial charge in [-0.2, -0.15) is 0 Å². The number of carbonyl (C=O) groups is 7. The van der Waals surface area contributed by atoms with Crippen LogP contribution in [0.15, 0.2) is 67.2 Å². The number of hydrogen-bond acceptors (Lipinski definition) is 9. The minimum Gasteiger partial charge on any atom is -0.351 e. The number of nitrogens with one attached hydrogen (secondary N) is 6. The molecule has 300 valence electrons. The number of rotatable bonds is 7. The Kier molecular flexibility index (Phi) is 26.1. The van der Waals surface area contributed by atoms with E-state index in [1.165, 1.54) is 24.2 Å². The Balaban J connectivity index is 0.000000530. The molecule has 15 nitrogen and oxygen atoms in total. The first-order chi connectivity index (χ1) is 26.6. The summed E-state index contributed by atoms with van der Waals surface area (Å²) in [4.78, 5) is 90.7. The van der Waals surface area contributed by atoms with Crippen LogP contribution in [0.1, 0.15) is 88.7 Å². The number of aldehydes is 1. The van der Waals surface area contributed by atoms with Gasteiger partial charge in [0.25, 0.3) is 5.91 Å². The molecule has 4 rings (SSSR count). The van der Waals surface area contributed by atoms with E-state index < -0.39 is 41.6 Å². The van der Waals surface area contributed by atoms with Crippen molar-refractivity contribution in [1.29, 1.82) is 0 Å². The summed E-state index contributed by atoms with van der Waals surface area (Å²) in [7, 11) is -0.164. The summed E-state index contributed by atoms with van der Waals surface area (Å²) in [6.07, 6.45) is 17.9. The van der Waals surface area contributed by atoms with E-state index in [9.17, 15) is 33.6 Å². The summed E-state index contributed by atoms with van der Waals surface area (Å²) in [6, 6.07) is 8.60. The summed E-state index contributed by atoms with van der Waals surface area (Å²) in [5, 5.41) is 15.2. The van der Waals surface area contributed by atoms with Crippen molar-refractivity contribution in [3.63, 3.8) is 0 Å². The molecule has 1 aliphatic carbocycles. The lowest BCUT2D eigenvalue weighted by molar-refractivity contribution is -0.130. The van der Waals surface area contributed by atoms with E-state index in [4.69, 9.17) is 0 Å². The van der Waals surface area contributed by atoms with Crippen LogP contribution >= 0.6 is 8.73 Å². The summed E-state index contributed by atoms with van der Waals surface area (Å²) < 4.78 is 0. The van der Waals surface area contributed by atoms with Crippen molar-refractivity contribution in [2.45, 2.75) is 84.7 Å². The Morgan fingerprint density at radius 3 is 2.24 bits per heavy atom. The summed E-state index contributed by atoms with van der Waals surface area (Å²) in [5.74, 6) is -2.65. The highest BCUT2D eigenvalue weighted by Gasteiger charge is 2.26. The third-order valence-electron chi connectivity index (χ3n) is 7.71. The number of amides is 6. The molecule has 55 heavy (non-hydrogen) atoms. The minimum atomic E-state index is -0.840. The lowest BCUT2D eigenvalue weighted by atomic mass is 9.84. The quantitative estimate of drug-likeness (QED) is 0.180. The van der Waals surface area contributed by atoms with E-state index in [0.717, 1.165) is 50.7 Å². The standard InChI is InChI=1S/C20H30N5O6P.C9H10.C8H11N3O.C2H6/c26-11-14-12-32-25-19(30)10-22-20(31)15(8-13-4-2-1-3-5-13)24-18(29)9-21-16(27)6-7-17(28)23-14;1-2-6-9-7-4-3-5-8-9;1-2-3-11-8(12)7-6-9-4-5-10-7;1-2/h6-7,11,13-15,32H,1-5,8-10,12H2,(H,21,27)(H,22,31)(H,23,28)(H,24,29)(H,25,30);2-8H,1H3;4-6H,2-3H2,1H3,(H,11,12);1-2H3/b7-6-;6-2+;;/t14-,15+;;;/m1.../s1. The molecule has 2 aromatic rings. The second kappa shape index (κ2) is 30.1. The van der Waals surface area contributed by atoms with Gasteiger partial charge in [0.15, 0.2) is 0 Å². The maximum Gasteiger partial charge on any atom is 0.271 e. The molecule has 2 heterocycles. The van der Waals surface area contributed by atoms with Crippen LogP contribution in [0.5, 0.6) is 0 Å². The smallest absolute Gasteiger partial charge is 0.271 e. The van der Waals surface area contributed by atoms with E-state index in [0.29, 0.717) is 30.9 Å². The number of hydrogen-bond donors (Lipinski definition) is 6. The molecule has 0 spiro atoms. The molecular formula is C39H57N8O7P. The lowest BCUT2D eigenvalue weighted by Crippen LogP contribution is -2.51. The molecule has 3 atom stereocenters. The van der Waals surface area contributed by atoms with Crippen LogP contribution in [0, 0.1) is 5.92 Å². The van der Waals surface area contributed by atoms with Crippen molar-refractivity contribution >= 4 is 56.5 Å². The van der Waals surface area contributed by atoms with Crippen molar-refractivity contribution < 1.29 is 33.6 Å². The van der Waals surface area contributed by atoms with Crippen LogP contribution in [0.4, 0.5) is 0 Å². The predicted molar refractivity (Wildman–Crippen MR) is 215 cm³/mol. The Labute approximate surface area is 326 Å². The molecule has 1 unspecified atom stereocenters. The first-order valence-electron chi connectivity index (χ1n) is 18.7. The zero-order valence-electron chi connectivity index (χ0n) is 32.3. The molecule has 1 aromatic carbocycles. The number of nitrogens with zero attached hydrogens (tertiary/aromatic N) is 2. The van der Waals surface area contributed by atoms with Gasteiger partial charge in [-0.3, -0.25) is 33.8 Å². The van der Waals surface area contributed by atoms with Crippen molar-refractivity contribution in [2.24, 2.45) is 5.92 Å².